The van der Waals surface area contributed by atoms with Gasteiger partial charge in [0.15, 0.2) is 0 Å². The summed E-state index contributed by atoms with van der Waals surface area (Å²) in [6.07, 6.45) is 8.10. The van der Waals surface area contributed by atoms with E-state index in [1.165, 1.54) is 11.6 Å². The number of nitrogens with zero attached hydrogens (tertiary/aromatic N) is 3. The van der Waals surface area contributed by atoms with Gasteiger partial charge < -0.3 is 10.3 Å². The lowest BCUT2D eigenvalue weighted by molar-refractivity contribution is 0.690. The van der Waals surface area contributed by atoms with Crippen LogP contribution < -0.4 is 11.2 Å². The highest BCUT2D eigenvalue weighted by molar-refractivity contribution is 5.33. The number of rotatable bonds is 3. The van der Waals surface area contributed by atoms with Crippen LogP contribution in [0.2, 0.25) is 0 Å². The van der Waals surface area contributed by atoms with Crippen LogP contribution in [0.15, 0.2) is 35.6 Å². The molecule has 0 radical (unpaired) electrons. The van der Waals surface area contributed by atoms with Gasteiger partial charge in [-0.25, -0.2) is 0 Å². The fourth-order valence-electron chi connectivity index (χ4n) is 1.54. The second-order valence-corrected chi connectivity index (χ2v) is 3.77. The van der Waals surface area contributed by atoms with Gasteiger partial charge in [0, 0.05) is 38.2 Å². The summed E-state index contributed by atoms with van der Waals surface area (Å²) in [6, 6.07) is 1.48. The molecular formula is C11H14N4O. The molecule has 0 amide bonds. The third kappa shape index (κ3) is 2.31. The third-order valence-corrected chi connectivity index (χ3v) is 2.42. The van der Waals surface area contributed by atoms with Crippen LogP contribution in [0.1, 0.15) is 5.56 Å². The van der Waals surface area contributed by atoms with Crippen molar-refractivity contribution in [3.63, 3.8) is 0 Å². The summed E-state index contributed by atoms with van der Waals surface area (Å²) in [5, 5.41) is 4.09. The Morgan fingerprint density at radius 2 is 2.25 bits per heavy atom. The van der Waals surface area contributed by atoms with Crippen molar-refractivity contribution in [3.8, 4) is 0 Å². The van der Waals surface area contributed by atoms with Crippen molar-refractivity contribution >= 4 is 5.69 Å². The minimum Gasteiger partial charge on any atom is -0.394 e. The number of pyridine rings is 1. The molecule has 0 atom stereocenters. The zero-order valence-corrected chi connectivity index (χ0v) is 9.13. The van der Waals surface area contributed by atoms with Gasteiger partial charge in [0.2, 0.25) is 5.43 Å². The number of aryl methyl sites for hydroxylation is 3. The second kappa shape index (κ2) is 4.22. The Morgan fingerprint density at radius 1 is 1.44 bits per heavy atom. The highest BCUT2D eigenvalue weighted by atomic mass is 16.1. The van der Waals surface area contributed by atoms with E-state index in [1.54, 1.807) is 17.1 Å². The van der Waals surface area contributed by atoms with Crippen molar-refractivity contribution in [2.24, 2.45) is 7.05 Å². The number of hydrogen-bond donors (Lipinski definition) is 1. The Bertz CT molecular complexity index is 541. The Balaban J connectivity index is 2.05. The van der Waals surface area contributed by atoms with Crippen LogP contribution >= 0.6 is 0 Å². The average Bonchev–Trinajstić information content (AvgIpc) is 2.66. The Kier molecular flexibility index (Phi) is 2.76. The van der Waals surface area contributed by atoms with Crippen LogP contribution in [0.3, 0.4) is 0 Å². The van der Waals surface area contributed by atoms with Crippen LogP contribution in [0, 0.1) is 0 Å². The SMILES string of the molecule is Cn1cc(CCn2ccc(=O)c(N)c2)cn1. The van der Waals surface area contributed by atoms with E-state index >= 15 is 0 Å². The van der Waals surface area contributed by atoms with Gasteiger partial charge in [-0.2, -0.15) is 5.10 Å². The normalized spacial score (nSPS) is 10.6. The van der Waals surface area contributed by atoms with Crippen LogP contribution in [0.4, 0.5) is 5.69 Å². The highest BCUT2D eigenvalue weighted by Crippen LogP contribution is 2.01. The van der Waals surface area contributed by atoms with E-state index in [4.69, 9.17) is 5.73 Å². The monoisotopic (exact) mass is 218 g/mol. The van der Waals surface area contributed by atoms with Crippen LogP contribution in [-0.2, 0) is 20.0 Å². The molecule has 0 bridgehead atoms. The zero-order valence-electron chi connectivity index (χ0n) is 9.13. The van der Waals surface area contributed by atoms with Gasteiger partial charge in [-0.3, -0.25) is 9.48 Å². The van der Waals surface area contributed by atoms with Crippen molar-refractivity contribution in [2.45, 2.75) is 13.0 Å². The summed E-state index contributed by atoms with van der Waals surface area (Å²) in [4.78, 5) is 11.1. The number of nitrogen functional groups attached to an aromatic ring is 1. The molecule has 0 unspecified atom stereocenters. The summed E-state index contributed by atoms with van der Waals surface area (Å²) in [5.41, 5.74) is 6.87. The van der Waals surface area contributed by atoms with E-state index < -0.39 is 0 Å². The molecule has 0 spiro atoms. The molecule has 84 valence electrons. The van der Waals surface area contributed by atoms with E-state index in [0.29, 0.717) is 0 Å². The first-order valence-electron chi connectivity index (χ1n) is 5.08. The molecule has 5 heteroatoms. The molecule has 0 aliphatic heterocycles. The molecule has 2 rings (SSSR count). The fraction of sp³-hybridized carbons (Fsp3) is 0.273. The molecule has 16 heavy (non-hydrogen) atoms. The Morgan fingerprint density at radius 3 is 2.88 bits per heavy atom. The summed E-state index contributed by atoms with van der Waals surface area (Å²) in [5.74, 6) is 0. The maximum absolute atomic E-state index is 11.1. The maximum Gasteiger partial charge on any atom is 0.204 e. The van der Waals surface area contributed by atoms with Crippen molar-refractivity contribution in [2.75, 3.05) is 5.73 Å². The van der Waals surface area contributed by atoms with E-state index in [9.17, 15) is 4.79 Å². The van der Waals surface area contributed by atoms with Crippen molar-refractivity contribution in [1.82, 2.24) is 14.3 Å². The first-order chi connectivity index (χ1) is 7.65. The van der Waals surface area contributed by atoms with Crippen molar-refractivity contribution in [1.29, 1.82) is 0 Å². The smallest absolute Gasteiger partial charge is 0.204 e. The molecule has 0 saturated heterocycles. The number of aromatic nitrogens is 3. The molecule has 0 aliphatic rings. The predicted molar refractivity (Wildman–Crippen MR) is 62.0 cm³/mol. The van der Waals surface area contributed by atoms with Crippen molar-refractivity contribution in [3.05, 3.63) is 46.6 Å². The van der Waals surface area contributed by atoms with Gasteiger partial charge in [-0.1, -0.05) is 0 Å². The molecular weight excluding hydrogens is 204 g/mol. The lowest BCUT2D eigenvalue weighted by Gasteiger charge is -2.05. The van der Waals surface area contributed by atoms with E-state index in [0.717, 1.165) is 13.0 Å². The highest BCUT2D eigenvalue weighted by Gasteiger charge is 1.98. The minimum absolute atomic E-state index is 0.127. The number of anilines is 1. The standard InChI is InChI=1S/C11H14N4O/c1-14-7-9(6-13-14)2-4-15-5-3-11(16)10(12)8-15/h3,5-8H,2,4,12H2,1H3. The Hall–Kier alpha value is -2.04. The van der Waals surface area contributed by atoms with Gasteiger partial charge >= 0.3 is 0 Å². The molecule has 0 aromatic carbocycles. The quantitative estimate of drug-likeness (QED) is 0.811. The first kappa shape index (κ1) is 10.5. The maximum atomic E-state index is 11.1. The lowest BCUT2D eigenvalue weighted by Crippen LogP contribution is -2.11. The minimum atomic E-state index is -0.127. The summed E-state index contributed by atoms with van der Waals surface area (Å²) in [6.45, 7) is 0.788. The fourth-order valence-corrected chi connectivity index (χ4v) is 1.54. The van der Waals surface area contributed by atoms with E-state index in [1.807, 2.05) is 24.0 Å². The number of hydrogen-bond acceptors (Lipinski definition) is 3. The van der Waals surface area contributed by atoms with Gasteiger partial charge in [-0.15, -0.1) is 0 Å². The molecule has 0 aliphatic carbocycles. The van der Waals surface area contributed by atoms with Gasteiger partial charge in [-0.05, 0) is 12.0 Å². The summed E-state index contributed by atoms with van der Waals surface area (Å²) in [7, 11) is 1.89. The van der Waals surface area contributed by atoms with E-state index in [-0.39, 0.29) is 11.1 Å². The van der Waals surface area contributed by atoms with Crippen LogP contribution in [0.25, 0.3) is 0 Å². The largest absolute Gasteiger partial charge is 0.394 e. The molecule has 2 heterocycles. The lowest BCUT2D eigenvalue weighted by atomic mass is 10.2. The third-order valence-electron chi connectivity index (χ3n) is 2.42. The van der Waals surface area contributed by atoms with Crippen molar-refractivity contribution < 1.29 is 0 Å². The summed E-state index contributed by atoms with van der Waals surface area (Å²) < 4.78 is 3.68. The summed E-state index contributed by atoms with van der Waals surface area (Å²) >= 11 is 0. The predicted octanol–water partition coefficient (Wildman–Crippen LogP) is 0.407. The van der Waals surface area contributed by atoms with Gasteiger partial charge in [0.25, 0.3) is 0 Å². The zero-order chi connectivity index (χ0) is 11.5. The molecule has 2 N–H and O–H groups in total. The average molecular weight is 218 g/mol. The van der Waals surface area contributed by atoms with Gasteiger partial charge in [0.05, 0.1) is 11.9 Å². The molecule has 0 fully saturated rings. The molecule has 2 aromatic heterocycles. The van der Waals surface area contributed by atoms with Crippen LogP contribution in [0.5, 0.6) is 0 Å². The first-order valence-corrected chi connectivity index (χ1v) is 5.08. The van der Waals surface area contributed by atoms with Crippen LogP contribution in [-0.4, -0.2) is 14.3 Å². The topological polar surface area (TPSA) is 65.8 Å². The Labute approximate surface area is 93.1 Å². The molecule has 5 nitrogen and oxygen atoms in total. The van der Waals surface area contributed by atoms with E-state index in [2.05, 4.69) is 5.10 Å². The number of nitrogens with two attached hydrogens (primary N) is 1. The molecule has 2 aromatic rings. The van der Waals surface area contributed by atoms with Gasteiger partial charge in [0.1, 0.15) is 0 Å². The second-order valence-electron chi connectivity index (χ2n) is 3.77. The molecule has 0 saturated carbocycles.